The smallest absolute Gasteiger partial charge is 0.0416 e. The summed E-state index contributed by atoms with van der Waals surface area (Å²) in [5.41, 5.74) is 2.72. The summed E-state index contributed by atoms with van der Waals surface area (Å²) in [6.07, 6.45) is 8.48. The average molecular weight is 175 g/mol. The lowest BCUT2D eigenvalue weighted by atomic mass is 9.86. The first kappa shape index (κ1) is 10.1. The van der Waals surface area contributed by atoms with Crippen LogP contribution in [-0.2, 0) is 6.42 Å². The van der Waals surface area contributed by atoms with Gasteiger partial charge in [0.15, 0.2) is 0 Å². The Morgan fingerprint density at radius 1 is 1.46 bits per heavy atom. The van der Waals surface area contributed by atoms with E-state index in [0.29, 0.717) is 5.92 Å². The Bertz CT molecular complexity index is 255. The van der Waals surface area contributed by atoms with Crippen LogP contribution < -0.4 is 0 Å². The highest BCUT2D eigenvalue weighted by atomic mass is 14.6. The van der Waals surface area contributed by atoms with E-state index in [1.54, 1.807) is 0 Å². The van der Waals surface area contributed by atoms with E-state index in [2.05, 4.69) is 24.2 Å². The molecule has 1 unspecified atom stereocenters. The summed E-state index contributed by atoms with van der Waals surface area (Å²) in [6, 6.07) is 3.10. The molecular formula is C12H17N. The highest BCUT2D eigenvalue weighted by Crippen LogP contribution is 2.28. The van der Waals surface area contributed by atoms with Crippen molar-refractivity contribution in [1.82, 2.24) is 4.98 Å². The molecule has 0 N–H and O–H groups in total. The topological polar surface area (TPSA) is 12.9 Å². The molecule has 0 bridgehead atoms. The molecule has 0 saturated heterocycles. The van der Waals surface area contributed by atoms with Gasteiger partial charge in [0.1, 0.15) is 0 Å². The van der Waals surface area contributed by atoms with Crippen molar-refractivity contribution in [3.8, 4) is 0 Å². The Labute approximate surface area is 81.2 Å². The van der Waals surface area contributed by atoms with E-state index in [1.807, 2.05) is 20.0 Å². The fourth-order valence-corrected chi connectivity index (χ4v) is 1.73. The molecule has 1 nitrogen and oxygen atoms in total. The second-order valence-corrected chi connectivity index (χ2v) is 3.23. The fourth-order valence-electron chi connectivity index (χ4n) is 1.73. The Balaban J connectivity index is 0.000000396. The minimum absolute atomic E-state index is 0.665. The van der Waals surface area contributed by atoms with Gasteiger partial charge in [-0.2, -0.15) is 0 Å². The molecule has 13 heavy (non-hydrogen) atoms. The third-order valence-electron chi connectivity index (χ3n) is 2.40. The first-order chi connectivity index (χ1) is 6.38. The second kappa shape index (κ2) is 4.87. The third-order valence-corrected chi connectivity index (χ3v) is 2.40. The molecule has 0 amide bonds. The number of fused-ring (bicyclic) bond motifs is 1. The van der Waals surface area contributed by atoms with Gasteiger partial charge in [-0.25, -0.2) is 4.98 Å². The first-order valence-electron chi connectivity index (χ1n) is 5.15. The molecule has 1 aromatic heterocycles. The fraction of sp³-hybridized carbons (Fsp3) is 0.583. The maximum absolute atomic E-state index is 3.95. The zero-order valence-electron chi connectivity index (χ0n) is 8.72. The third kappa shape index (κ3) is 2.21. The van der Waals surface area contributed by atoms with Crippen LogP contribution in [0.25, 0.3) is 0 Å². The Morgan fingerprint density at radius 3 is 2.92 bits per heavy atom. The average Bonchev–Trinajstić information content (AvgIpc) is 2.22. The Morgan fingerprint density at radius 2 is 2.23 bits per heavy atom. The highest BCUT2D eigenvalue weighted by Gasteiger charge is 2.15. The van der Waals surface area contributed by atoms with Crippen LogP contribution in [-0.4, -0.2) is 4.98 Å². The minimum Gasteiger partial charge on any atom is -0.205 e. The number of rotatable bonds is 0. The van der Waals surface area contributed by atoms with Gasteiger partial charge in [0.25, 0.3) is 0 Å². The maximum Gasteiger partial charge on any atom is 0.0416 e. The predicted molar refractivity (Wildman–Crippen MR) is 54.6 cm³/mol. The lowest BCUT2D eigenvalue weighted by molar-refractivity contribution is 0.589. The standard InChI is InChI=1S/C10H11N.C2H6/c1-8-3-2-4-9-7-11-6-5-10(8)9;1-2/h7-8H,2-4H2,1H3;1-2H3. The molecule has 70 valence electrons. The van der Waals surface area contributed by atoms with E-state index < -0.39 is 0 Å². The number of nitrogens with zero attached hydrogens (tertiary/aromatic N) is 1. The van der Waals surface area contributed by atoms with Gasteiger partial charge in [0, 0.05) is 18.0 Å². The van der Waals surface area contributed by atoms with E-state index in [1.165, 1.54) is 30.4 Å². The molecule has 1 heterocycles. The molecule has 0 aliphatic heterocycles. The molecule has 1 aliphatic carbocycles. The molecule has 1 atom stereocenters. The summed E-state index contributed by atoms with van der Waals surface area (Å²) in [4.78, 5) is 3.95. The molecular weight excluding hydrogens is 158 g/mol. The molecule has 0 spiro atoms. The van der Waals surface area contributed by atoms with Gasteiger partial charge in [-0.3, -0.25) is 0 Å². The van der Waals surface area contributed by atoms with Gasteiger partial charge >= 0.3 is 0 Å². The van der Waals surface area contributed by atoms with Gasteiger partial charge in [-0.1, -0.05) is 20.8 Å². The van der Waals surface area contributed by atoms with Crippen LogP contribution in [0.15, 0.2) is 6.20 Å². The second-order valence-electron chi connectivity index (χ2n) is 3.23. The van der Waals surface area contributed by atoms with E-state index >= 15 is 0 Å². The van der Waals surface area contributed by atoms with Crippen LogP contribution in [0.5, 0.6) is 0 Å². The monoisotopic (exact) mass is 175 g/mol. The molecule has 1 heteroatoms. The molecule has 0 saturated carbocycles. The van der Waals surface area contributed by atoms with Gasteiger partial charge in [-0.05, 0) is 36.8 Å². The van der Waals surface area contributed by atoms with Gasteiger partial charge < -0.3 is 0 Å². The van der Waals surface area contributed by atoms with Gasteiger partial charge in [-0.15, -0.1) is 0 Å². The zero-order chi connectivity index (χ0) is 9.68. The van der Waals surface area contributed by atoms with Crippen molar-refractivity contribution in [2.24, 2.45) is 0 Å². The van der Waals surface area contributed by atoms with E-state index in [-0.39, 0.29) is 0 Å². The lowest BCUT2D eigenvalue weighted by Gasteiger charge is -2.18. The van der Waals surface area contributed by atoms with Crippen LogP contribution in [0, 0.1) is 12.3 Å². The molecule has 2 rings (SSSR count). The van der Waals surface area contributed by atoms with Gasteiger partial charge in [0.05, 0.1) is 0 Å². The van der Waals surface area contributed by atoms with Crippen molar-refractivity contribution >= 4 is 0 Å². The normalized spacial score (nSPS) is 19.2. The molecule has 1 aliphatic rings. The SMILES string of the molecule is CC.CC1CCCc2cnc#cc21. The van der Waals surface area contributed by atoms with Crippen molar-refractivity contribution < 1.29 is 0 Å². The summed E-state index contributed by atoms with van der Waals surface area (Å²) in [6.45, 7) is 6.25. The van der Waals surface area contributed by atoms with Crippen molar-refractivity contribution in [3.05, 3.63) is 29.6 Å². The van der Waals surface area contributed by atoms with Crippen LogP contribution in [0.3, 0.4) is 0 Å². The van der Waals surface area contributed by atoms with Crippen molar-refractivity contribution in [2.75, 3.05) is 0 Å². The van der Waals surface area contributed by atoms with Crippen LogP contribution in [0.2, 0.25) is 0 Å². The maximum atomic E-state index is 3.95. The number of hydrogen-bond donors (Lipinski definition) is 0. The molecule has 0 aromatic carbocycles. The van der Waals surface area contributed by atoms with E-state index in [0.717, 1.165) is 0 Å². The van der Waals surface area contributed by atoms with Crippen LogP contribution in [0.1, 0.15) is 50.7 Å². The highest BCUT2D eigenvalue weighted by molar-refractivity contribution is 5.25. The first-order valence-corrected chi connectivity index (χ1v) is 5.15. The summed E-state index contributed by atoms with van der Waals surface area (Å²) in [5, 5.41) is 0. The summed E-state index contributed by atoms with van der Waals surface area (Å²) in [5.74, 6) is 0.665. The largest absolute Gasteiger partial charge is 0.205 e. The van der Waals surface area contributed by atoms with Crippen molar-refractivity contribution in [1.29, 1.82) is 0 Å². The number of aromatic nitrogens is 1. The van der Waals surface area contributed by atoms with Gasteiger partial charge in [0.2, 0.25) is 0 Å². The number of hydrogen-bond acceptors (Lipinski definition) is 1. The number of aryl methyl sites for hydroxylation is 1. The van der Waals surface area contributed by atoms with Crippen molar-refractivity contribution in [3.63, 3.8) is 0 Å². The Kier molecular flexibility index (Phi) is 3.76. The summed E-state index contributed by atoms with van der Waals surface area (Å²) in [7, 11) is 0. The van der Waals surface area contributed by atoms with Crippen molar-refractivity contribution in [2.45, 2.75) is 46.0 Å². The summed E-state index contributed by atoms with van der Waals surface area (Å²) >= 11 is 0. The summed E-state index contributed by atoms with van der Waals surface area (Å²) < 4.78 is 0. The Hall–Kier alpha value is -1.03. The predicted octanol–water partition coefficient (Wildman–Crippen LogP) is 3.15. The molecule has 1 aromatic rings. The van der Waals surface area contributed by atoms with Crippen LogP contribution >= 0.6 is 0 Å². The lowest BCUT2D eigenvalue weighted by Crippen LogP contribution is -2.05. The molecule has 0 fully saturated rings. The van der Waals surface area contributed by atoms with Crippen LogP contribution in [0.4, 0.5) is 0 Å². The zero-order valence-corrected chi connectivity index (χ0v) is 8.72. The minimum atomic E-state index is 0.665. The van der Waals surface area contributed by atoms with E-state index in [4.69, 9.17) is 0 Å². The quantitative estimate of drug-likeness (QED) is 0.590. The van der Waals surface area contributed by atoms with E-state index in [9.17, 15) is 0 Å². The molecule has 0 radical (unpaired) electrons.